The number of fused-ring (bicyclic) bond motifs is 4. The van der Waals surface area contributed by atoms with Gasteiger partial charge in [-0.25, -0.2) is 8.78 Å². The maximum absolute atomic E-state index is 14.0. The van der Waals surface area contributed by atoms with E-state index in [1.165, 1.54) is 16.4 Å². The number of hydrogen-bond donors (Lipinski definition) is 2. The summed E-state index contributed by atoms with van der Waals surface area (Å²) in [6, 6.07) is 1.84. The molecule has 2 N–H and O–H groups in total. The molecule has 0 radical (unpaired) electrons. The number of benzene rings is 1. The molecule has 0 spiro atoms. The van der Waals surface area contributed by atoms with E-state index in [0.717, 1.165) is 18.3 Å². The second kappa shape index (κ2) is 7.60. The summed E-state index contributed by atoms with van der Waals surface area (Å²) < 4.78 is 29.4. The number of halogens is 2. The maximum Gasteiger partial charge on any atom is 0.274 e. The zero-order chi connectivity index (χ0) is 22.4. The summed E-state index contributed by atoms with van der Waals surface area (Å²) >= 11 is 0. The van der Waals surface area contributed by atoms with E-state index in [0.29, 0.717) is 12.0 Å². The van der Waals surface area contributed by atoms with Crippen molar-refractivity contribution in [3.8, 4) is 5.75 Å². The van der Waals surface area contributed by atoms with Crippen molar-refractivity contribution in [2.45, 2.75) is 32.4 Å². The molecule has 0 saturated carbocycles. The van der Waals surface area contributed by atoms with Crippen molar-refractivity contribution in [1.29, 1.82) is 0 Å². The van der Waals surface area contributed by atoms with Crippen LogP contribution >= 0.6 is 0 Å². The van der Waals surface area contributed by atoms with Gasteiger partial charge in [0, 0.05) is 31.3 Å². The Morgan fingerprint density at radius 3 is 2.58 bits per heavy atom. The van der Waals surface area contributed by atoms with E-state index in [1.54, 1.807) is 0 Å². The van der Waals surface area contributed by atoms with E-state index in [9.17, 15) is 33.1 Å². The van der Waals surface area contributed by atoms with Crippen LogP contribution in [0.25, 0.3) is 0 Å². The lowest BCUT2D eigenvalue weighted by Crippen LogP contribution is -2.45. The van der Waals surface area contributed by atoms with Crippen LogP contribution in [-0.2, 0) is 11.3 Å². The van der Waals surface area contributed by atoms with Crippen molar-refractivity contribution in [3.05, 3.63) is 62.6 Å². The normalized spacial score (nSPS) is 17.9. The van der Waals surface area contributed by atoms with Gasteiger partial charge in [0.2, 0.25) is 5.43 Å². The number of aryl methyl sites for hydroxylation is 1. The van der Waals surface area contributed by atoms with Gasteiger partial charge in [0.1, 0.15) is 17.2 Å². The smallest absolute Gasteiger partial charge is 0.274 e. The van der Waals surface area contributed by atoms with Crippen LogP contribution in [0.4, 0.5) is 8.78 Å². The maximum atomic E-state index is 14.0. The predicted molar refractivity (Wildman–Crippen MR) is 104 cm³/mol. The Labute approximate surface area is 175 Å². The van der Waals surface area contributed by atoms with Crippen molar-refractivity contribution >= 4 is 17.6 Å². The fraction of sp³-hybridized carbons (Fsp3) is 0.333. The van der Waals surface area contributed by atoms with Gasteiger partial charge in [0.05, 0.1) is 12.6 Å². The van der Waals surface area contributed by atoms with Gasteiger partial charge in [-0.1, -0.05) is 0 Å². The van der Waals surface area contributed by atoms with Gasteiger partial charge >= 0.3 is 0 Å². The van der Waals surface area contributed by atoms with Gasteiger partial charge in [-0.3, -0.25) is 19.2 Å². The van der Waals surface area contributed by atoms with E-state index in [2.05, 4.69) is 5.32 Å². The number of aromatic nitrogens is 1. The molecule has 10 heteroatoms. The average molecular weight is 431 g/mol. The monoisotopic (exact) mass is 431 g/mol. The standard InChI is InChI=1S/C21H19F2N3O5/c1-10-4-15(22)13(16(23)5-10)6-24-20(30)14-9-26-11-2-3-12(27)8-25(7-11)21(31)17(26)19(29)18(14)28/h4-5,9,11,29H,2-3,6-8H2,1H3,(H,24,30). The summed E-state index contributed by atoms with van der Waals surface area (Å²) in [5.41, 5.74) is -1.81. The molecule has 0 aliphatic carbocycles. The number of ketones is 1. The summed E-state index contributed by atoms with van der Waals surface area (Å²) in [4.78, 5) is 51.0. The molecule has 1 aromatic heterocycles. The van der Waals surface area contributed by atoms with Gasteiger partial charge in [-0.2, -0.15) is 0 Å². The number of nitrogens with zero attached hydrogens (tertiary/aromatic N) is 2. The summed E-state index contributed by atoms with van der Waals surface area (Å²) in [7, 11) is 0. The fourth-order valence-corrected chi connectivity index (χ4v) is 4.00. The Balaban J connectivity index is 1.67. The number of carbonyl (C=O) groups excluding carboxylic acids is 3. The Morgan fingerprint density at radius 1 is 1.23 bits per heavy atom. The average Bonchev–Trinajstić information content (AvgIpc) is 2.87. The van der Waals surface area contributed by atoms with Crippen LogP contribution in [-0.4, -0.2) is 45.3 Å². The number of pyridine rings is 1. The van der Waals surface area contributed by atoms with Gasteiger partial charge in [-0.05, 0) is 31.0 Å². The lowest BCUT2D eigenvalue weighted by atomic mass is 10.1. The van der Waals surface area contributed by atoms with Gasteiger partial charge < -0.3 is 19.9 Å². The number of carbonyl (C=O) groups is 3. The molecule has 1 unspecified atom stereocenters. The summed E-state index contributed by atoms with van der Waals surface area (Å²) in [5.74, 6) is -4.32. The zero-order valence-corrected chi connectivity index (χ0v) is 16.6. The minimum atomic E-state index is -1.08. The highest BCUT2D eigenvalue weighted by Gasteiger charge is 2.38. The summed E-state index contributed by atoms with van der Waals surface area (Å²) in [6.45, 7) is 1.12. The summed E-state index contributed by atoms with van der Waals surface area (Å²) in [5, 5.41) is 12.7. The van der Waals surface area contributed by atoms with Crippen LogP contribution in [0.1, 0.15) is 50.9 Å². The Bertz CT molecular complexity index is 1170. The molecule has 2 bridgehead atoms. The molecule has 162 valence electrons. The topological polar surface area (TPSA) is 109 Å². The predicted octanol–water partition coefficient (Wildman–Crippen LogP) is 1.43. The van der Waals surface area contributed by atoms with Crippen LogP contribution in [0.2, 0.25) is 0 Å². The van der Waals surface area contributed by atoms with Crippen LogP contribution in [0, 0.1) is 18.6 Å². The molecule has 8 nitrogen and oxygen atoms in total. The second-order valence-corrected chi connectivity index (χ2v) is 7.78. The van der Waals surface area contributed by atoms with Crippen molar-refractivity contribution in [2.75, 3.05) is 13.1 Å². The molecule has 2 aliphatic heterocycles. The van der Waals surface area contributed by atoms with E-state index >= 15 is 0 Å². The van der Waals surface area contributed by atoms with Crippen molar-refractivity contribution in [1.82, 2.24) is 14.8 Å². The number of hydrogen-bond acceptors (Lipinski definition) is 5. The summed E-state index contributed by atoms with van der Waals surface area (Å²) in [6.07, 6.45) is 1.75. The van der Waals surface area contributed by atoms with Crippen LogP contribution in [0.15, 0.2) is 23.1 Å². The highest BCUT2D eigenvalue weighted by Crippen LogP contribution is 2.31. The number of aromatic hydroxyl groups is 1. The highest BCUT2D eigenvalue weighted by atomic mass is 19.1. The second-order valence-electron chi connectivity index (χ2n) is 7.78. The van der Waals surface area contributed by atoms with E-state index in [4.69, 9.17) is 0 Å². The van der Waals surface area contributed by atoms with E-state index < -0.39 is 52.8 Å². The van der Waals surface area contributed by atoms with E-state index in [-0.39, 0.29) is 36.6 Å². The minimum Gasteiger partial charge on any atom is -0.503 e. The number of Topliss-reactive ketones (excluding diaryl/α,β-unsaturated/α-hetero) is 1. The lowest BCUT2D eigenvalue weighted by molar-refractivity contribution is -0.119. The lowest BCUT2D eigenvalue weighted by Gasteiger charge is -2.34. The number of rotatable bonds is 3. The zero-order valence-electron chi connectivity index (χ0n) is 16.6. The molecule has 3 heterocycles. The van der Waals surface area contributed by atoms with Crippen molar-refractivity contribution in [3.63, 3.8) is 0 Å². The SMILES string of the molecule is Cc1cc(F)c(CNC(=O)c2cn3c(c(O)c2=O)C(=O)N2CC(=O)CCC3C2)c(F)c1. The largest absolute Gasteiger partial charge is 0.503 e. The van der Waals surface area contributed by atoms with Crippen molar-refractivity contribution < 1.29 is 28.3 Å². The molecule has 1 fully saturated rings. The van der Waals surface area contributed by atoms with Gasteiger partial charge in [0.25, 0.3) is 11.8 Å². The molecular weight excluding hydrogens is 412 g/mol. The Kier molecular flexibility index (Phi) is 5.08. The highest BCUT2D eigenvalue weighted by molar-refractivity contribution is 6.00. The minimum absolute atomic E-state index is 0.0983. The number of amides is 2. The Hall–Kier alpha value is -3.56. The molecule has 4 rings (SSSR count). The molecule has 31 heavy (non-hydrogen) atoms. The first-order valence-electron chi connectivity index (χ1n) is 9.69. The third kappa shape index (κ3) is 3.58. The van der Waals surface area contributed by atoms with Gasteiger partial charge in [-0.15, -0.1) is 0 Å². The molecule has 1 atom stereocenters. The quantitative estimate of drug-likeness (QED) is 0.764. The Morgan fingerprint density at radius 2 is 1.90 bits per heavy atom. The van der Waals surface area contributed by atoms with E-state index in [1.807, 2.05) is 0 Å². The molecule has 1 saturated heterocycles. The first-order chi connectivity index (χ1) is 14.7. The third-order valence-electron chi connectivity index (χ3n) is 5.60. The molecule has 1 aromatic carbocycles. The molecule has 2 aliphatic rings. The molecule has 2 aromatic rings. The first-order valence-corrected chi connectivity index (χ1v) is 9.69. The van der Waals surface area contributed by atoms with Crippen molar-refractivity contribution in [2.24, 2.45) is 0 Å². The van der Waals surface area contributed by atoms with Crippen LogP contribution in [0.3, 0.4) is 0 Å². The van der Waals surface area contributed by atoms with Crippen LogP contribution in [0.5, 0.6) is 5.75 Å². The third-order valence-corrected chi connectivity index (χ3v) is 5.60. The van der Waals surface area contributed by atoms with Gasteiger partial charge in [0.15, 0.2) is 17.2 Å². The van der Waals surface area contributed by atoms with Crippen LogP contribution < -0.4 is 10.7 Å². The number of nitrogens with one attached hydrogen (secondary N) is 1. The fourth-order valence-electron chi connectivity index (χ4n) is 4.00. The molecule has 2 amide bonds. The molecular formula is C21H19F2N3O5. The first kappa shape index (κ1) is 20.7.